The first-order chi connectivity index (χ1) is 31.0. The fourth-order valence-corrected chi connectivity index (χ4v) is 12.3. The van der Waals surface area contributed by atoms with Gasteiger partial charge in [-0.2, -0.15) is 0 Å². The minimum atomic E-state index is -0.0264. The molecule has 12 rings (SSSR count). The normalized spacial score (nSPS) is 12.9. The standard InChI is InChI=1S/C58H47BN2OS2/c1-57(2,3)35-24-27-37(28-25-35)60-53-42(30-29-40-39-19-11-14-22-48(39)63-55(40)53)50-52-46(33-44-38-18-10-13-21-47(38)62-54(44)50)61(56-51(59-52)41-20-12-15-23-49(41)64-56)45-31-26-36(58(4,5)6)32-43(45)34-16-8-7-9-17-34/h7-33,59-60H,1-6H3. The number of hydrogen-bond donors (Lipinski definition) is 1. The van der Waals surface area contributed by atoms with E-state index in [0.717, 1.165) is 51.7 Å². The average molecular weight is 863 g/mol. The van der Waals surface area contributed by atoms with Crippen molar-refractivity contribution < 1.29 is 4.42 Å². The zero-order valence-corrected chi connectivity index (χ0v) is 38.6. The number of benzene rings is 8. The van der Waals surface area contributed by atoms with Crippen LogP contribution in [0.25, 0.3) is 74.5 Å². The van der Waals surface area contributed by atoms with Crippen molar-refractivity contribution in [3.05, 3.63) is 175 Å². The van der Waals surface area contributed by atoms with Gasteiger partial charge >= 0.3 is 0 Å². The third-order valence-corrected chi connectivity index (χ3v) is 15.7. The van der Waals surface area contributed by atoms with Gasteiger partial charge in [0, 0.05) is 59.0 Å². The number of thiophene rings is 2. The second kappa shape index (κ2) is 14.5. The first kappa shape index (κ1) is 39.0. The van der Waals surface area contributed by atoms with Crippen molar-refractivity contribution in [3.63, 3.8) is 0 Å². The van der Waals surface area contributed by atoms with Gasteiger partial charge in [0.15, 0.2) is 0 Å². The molecule has 6 heteroatoms. The van der Waals surface area contributed by atoms with Crippen LogP contribution in [0.5, 0.6) is 0 Å². The van der Waals surface area contributed by atoms with Crippen molar-refractivity contribution in [1.82, 2.24) is 0 Å². The van der Waals surface area contributed by atoms with Gasteiger partial charge in [-0.25, -0.2) is 0 Å². The van der Waals surface area contributed by atoms with Crippen LogP contribution in [0.3, 0.4) is 0 Å². The minimum absolute atomic E-state index is 0.0264. The summed E-state index contributed by atoms with van der Waals surface area (Å²) < 4.78 is 10.9. The van der Waals surface area contributed by atoms with Gasteiger partial charge in [-0.15, -0.1) is 22.7 Å². The van der Waals surface area contributed by atoms with Gasteiger partial charge in [-0.1, -0.05) is 157 Å². The molecule has 0 spiro atoms. The van der Waals surface area contributed by atoms with Crippen LogP contribution >= 0.6 is 22.7 Å². The summed E-state index contributed by atoms with van der Waals surface area (Å²) in [7, 11) is 0.762. The summed E-state index contributed by atoms with van der Waals surface area (Å²) in [4.78, 5) is 2.59. The Hall–Kier alpha value is -6.60. The lowest BCUT2D eigenvalue weighted by Gasteiger charge is -2.35. The number of para-hydroxylation sites is 1. The molecule has 4 heterocycles. The molecular weight excluding hydrogens is 816 g/mol. The lowest BCUT2D eigenvalue weighted by molar-refractivity contribution is 0.590. The molecule has 0 bridgehead atoms. The zero-order valence-electron chi connectivity index (χ0n) is 37.0. The highest BCUT2D eigenvalue weighted by Crippen LogP contribution is 2.52. The van der Waals surface area contributed by atoms with Crippen LogP contribution < -0.4 is 21.1 Å². The number of anilines is 5. The molecule has 0 atom stereocenters. The lowest BCUT2D eigenvalue weighted by Crippen LogP contribution is -2.40. The summed E-state index contributed by atoms with van der Waals surface area (Å²) in [5.74, 6) is 0. The van der Waals surface area contributed by atoms with Gasteiger partial charge in [-0.05, 0) is 92.4 Å². The predicted molar refractivity (Wildman–Crippen MR) is 281 cm³/mol. The fourth-order valence-electron chi connectivity index (χ4n) is 9.88. The first-order valence-corrected chi connectivity index (χ1v) is 23.9. The second-order valence-electron chi connectivity index (χ2n) is 19.4. The number of rotatable bonds is 5. The topological polar surface area (TPSA) is 28.4 Å². The molecule has 0 amide bonds. The maximum Gasteiger partial charge on any atom is 0.200 e. The molecule has 310 valence electrons. The quantitative estimate of drug-likeness (QED) is 0.175. The van der Waals surface area contributed by atoms with Crippen LogP contribution in [0.2, 0.25) is 0 Å². The van der Waals surface area contributed by atoms with E-state index >= 15 is 0 Å². The Morgan fingerprint density at radius 1 is 0.516 bits per heavy atom. The second-order valence-corrected chi connectivity index (χ2v) is 21.5. The maximum atomic E-state index is 7.14. The van der Waals surface area contributed by atoms with Crippen molar-refractivity contribution in [3.8, 4) is 22.3 Å². The van der Waals surface area contributed by atoms with Crippen LogP contribution in [0.4, 0.5) is 27.8 Å². The molecule has 1 aliphatic heterocycles. The van der Waals surface area contributed by atoms with Crippen molar-refractivity contribution in [2.45, 2.75) is 52.4 Å². The van der Waals surface area contributed by atoms with Gasteiger partial charge in [0.1, 0.15) is 11.2 Å². The summed E-state index contributed by atoms with van der Waals surface area (Å²) >= 11 is 3.76. The number of hydrogen-bond acceptors (Lipinski definition) is 5. The summed E-state index contributed by atoms with van der Waals surface area (Å²) in [5, 5.41) is 11.4. The third kappa shape index (κ3) is 6.22. The highest BCUT2D eigenvalue weighted by molar-refractivity contribution is 7.26. The molecule has 3 aromatic heterocycles. The van der Waals surface area contributed by atoms with Gasteiger partial charge < -0.3 is 14.6 Å². The number of fused-ring (bicyclic) bond motifs is 10. The van der Waals surface area contributed by atoms with Crippen molar-refractivity contribution >= 4 is 121 Å². The van der Waals surface area contributed by atoms with Gasteiger partial charge in [0.2, 0.25) is 7.28 Å². The Morgan fingerprint density at radius 3 is 1.92 bits per heavy atom. The van der Waals surface area contributed by atoms with Crippen LogP contribution in [-0.2, 0) is 10.8 Å². The Kier molecular flexibility index (Phi) is 8.82. The molecular formula is C58H47BN2OS2. The molecule has 1 N–H and O–H groups in total. The maximum absolute atomic E-state index is 7.14. The van der Waals surface area contributed by atoms with Crippen molar-refractivity contribution in [2.75, 3.05) is 10.2 Å². The number of nitrogens with zero attached hydrogens (tertiary/aromatic N) is 1. The van der Waals surface area contributed by atoms with E-state index in [2.05, 4.69) is 216 Å². The van der Waals surface area contributed by atoms with Gasteiger partial charge in [0.25, 0.3) is 0 Å². The highest BCUT2D eigenvalue weighted by atomic mass is 32.1. The van der Waals surface area contributed by atoms with E-state index in [1.807, 2.05) is 22.7 Å². The predicted octanol–water partition coefficient (Wildman–Crippen LogP) is 16.0. The third-order valence-electron chi connectivity index (χ3n) is 13.3. The van der Waals surface area contributed by atoms with E-state index < -0.39 is 0 Å². The molecule has 0 unspecified atom stereocenters. The fraction of sp³-hybridized carbons (Fsp3) is 0.138. The van der Waals surface area contributed by atoms with Crippen LogP contribution in [0.1, 0.15) is 52.7 Å². The van der Waals surface area contributed by atoms with Crippen LogP contribution in [0, 0.1) is 0 Å². The van der Waals surface area contributed by atoms with Crippen LogP contribution in [-0.4, -0.2) is 7.28 Å². The average Bonchev–Trinajstić information content (AvgIpc) is 3.99. The number of nitrogens with one attached hydrogen (secondary N) is 1. The SMILES string of the molecule is CC(C)(C)c1ccc(Nc2c(-c3c4c(cc5c3oc3ccccc35)N(c3ccc(C(C)(C)C)cc3-c3ccccc3)c3sc5ccccc5c3B4)ccc3c2sc2ccccc23)cc1. The van der Waals surface area contributed by atoms with Crippen molar-refractivity contribution in [2.24, 2.45) is 0 Å². The molecule has 64 heavy (non-hydrogen) atoms. The monoisotopic (exact) mass is 862 g/mol. The van der Waals surface area contributed by atoms with E-state index in [1.54, 1.807) is 0 Å². The van der Waals surface area contributed by atoms with E-state index in [1.165, 1.54) is 79.8 Å². The summed E-state index contributed by atoms with van der Waals surface area (Å²) in [6.45, 7) is 13.7. The Balaban J connectivity index is 1.20. The zero-order chi connectivity index (χ0) is 43.5. The van der Waals surface area contributed by atoms with E-state index in [4.69, 9.17) is 4.42 Å². The molecule has 11 aromatic rings. The Morgan fingerprint density at radius 2 is 1.17 bits per heavy atom. The molecule has 0 radical (unpaired) electrons. The lowest BCUT2D eigenvalue weighted by atomic mass is 9.58. The Labute approximate surface area is 382 Å². The summed E-state index contributed by atoms with van der Waals surface area (Å²) in [6, 6.07) is 60.6. The Bertz CT molecular complexity index is 3640. The van der Waals surface area contributed by atoms with Gasteiger partial charge in [0.05, 0.1) is 21.1 Å². The first-order valence-electron chi connectivity index (χ1n) is 22.3. The molecule has 0 saturated heterocycles. The largest absolute Gasteiger partial charge is 0.455 e. The summed E-state index contributed by atoms with van der Waals surface area (Å²) in [6.07, 6.45) is 0. The minimum Gasteiger partial charge on any atom is -0.455 e. The highest BCUT2D eigenvalue weighted by Gasteiger charge is 2.35. The molecule has 0 fully saturated rings. The molecule has 0 saturated carbocycles. The van der Waals surface area contributed by atoms with Crippen molar-refractivity contribution in [1.29, 1.82) is 0 Å². The molecule has 1 aliphatic rings. The van der Waals surface area contributed by atoms with E-state index in [0.29, 0.717) is 0 Å². The number of furan rings is 1. The van der Waals surface area contributed by atoms with E-state index in [-0.39, 0.29) is 10.8 Å². The molecule has 0 aliphatic carbocycles. The molecule has 8 aromatic carbocycles. The van der Waals surface area contributed by atoms with Gasteiger partial charge in [-0.3, -0.25) is 0 Å². The smallest absolute Gasteiger partial charge is 0.200 e. The summed E-state index contributed by atoms with van der Waals surface area (Å²) in [5.41, 5.74) is 16.3. The van der Waals surface area contributed by atoms with Crippen LogP contribution in [0.15, 0.2) is 168 Å². The molecule has 3 nitrogen and oxygen atoms in total. The van der Waals surface area contributed by atoms with E-state index in [9.17, 15) is 0 Å².